The van der Waals surface area contributed by atoms with E-state index in [1.54, 1.807) is 4.90 Å². The molecule has 0 unspecified atom stereocenters. The van der Waals surface area contributed by atoms with Crippen LogP contribution < -0.4 is 0 Å². The van der Waals surface area contributed by atoms with Crippen molar-refractivity contribution in [3.8, 4) is 0 Å². The summed E-state index contributed by atoms with van der Waals surface area (Å²) in [7, 11) is -3.62. The van der Waals surface area contributed by atoms with Gasteiger partial charge in [0.05, 0.1) is 15.5 Å². The van der Waals surface area contributed by atoms with Crippen LogP contribution >= 0.6 is 11.3 Å². The minimum Gasteiger partial charge on any atom is -0.335 e. The molecule has 2 aliphatic rings. The number of benzene rings is 1. The SMILES string of the molecule is Cc1cc(C)c(S(=O)(=O)N2CCN(C(=O)c3sc4nc(C5CC5)nc(C)c4c3C)CC2)c(C)c1. The van der Waals surface area contributed by atoms with Gasteiger partial charge in [-0.05, 0) is 64.2 Å². The lowest BCUT2D eigenvalue weighted by Gasteiger charge is -2.34. The lowest BCUT2D eigenvalue weighted by molar-refractivity contribution is 0.0702. The summed E-state index contributed by atoms with van der Waals surface area (Å²) < 4.78 is 28.3. The zero-order valence-corrected chi connectivity index (χ0v) is 21.9. The monoisotopic (exact) mass is 498 g/mol. The highest BCUT2D eigenvalue weighted by molar-refractivity contribution is 7.89. The van der Waals surface area contributed by atoms with E-state index in [9.17, 15) is 13.2 Å². The first-order chi connectivity index (χ1) is 16.1. The molecular weight excluding hydrogens is 468 g/mol. The molecule has 0 bridgehead atoms. The molecule has 7 nitrogen and oxygen atoms in total. The summed E-state index contributed by atoms with van der Waals surface area (Å²) in [6, 6.07) is 3.81. The first-order valence-electron chi connectivity index (χ1n) is 11.7. The van der Waals surface area contributed by atoms with Gasteiger partial charge in [-0.15, -0.1) is 11.3 Å². The molecule has 0 atom stereocenters. The van der Waals surface area contributed by atoms with Crippen LogP contribution in [0.3, 0.4) is 0 Å². The maximum absolute atomic E-state index is 13.4. The predicted molar refractivity (Wildman–Crippen MR) is 134 cm³/mol. The second-order valence-electron chi connectivity index (χ2n) is 9.60. The van der Waals surface area contributed by atoms with Crippen molar-refractivity contribution < 1.29 is 13.2 Å². The minimum atomic E-state index is -3.62. The van der Waals surface area contributed by atoms with Crippen LogP contribution in [0.25, 0.3) is 10.2 Å². The van der Waals surface area contributed by atoms with Crippen LogP contribution in [0, 0.1) is 34.6 Å². The largest absolute Gasteiger partial charge is 0.335 e. The number of amides is 1. The van der Waals surface area contributed by atoms with Crippen LogP contribution in [-0.4, -0.2) is 59.7 Å². The van der Waals surface area contributed by atoms with Crippen molar-refractivity contribution in [1.29, 1.82) is 0 Å². The van der Waals surface area contributed by atoms with E-state index in [0.29, 0.717) is 28.8 Å². The Morgan fingerprint density at radius 3 is 2.18 bits per heavy atom. The molecule has 34 heavy (non-hydrogen) atoms. The molecule has 2 aromatic heterocycles. The van der Waals surface area contributed by atoms with Gasteiger partial charge in [0.15, 0.2) is 0 Å². The normalized spacial score (nSPS) is 17.5. The average Bonchev–Trinajstić information content (AvgIpc) is 3.56. The Morgan fingerprint density at radius 2 is 1.59 bits per heavy atom. The number of carbonyl (C=O) groups excluding carboxylic acids is 1. The van der Waals surface area contributed by atoms with Crippen molar-refractivity contribution in [2.75, 3.05) is 26.2 Å². The maximum Gasteiger partial charge on any atom is 0.264 e. The van der Waals surface area contributed by atoms with E-state index in [1.807, 2.05) is 46.8 Å². The summed E-state index contributed by atoms with van der Waals surface area (Å²) in [5, 5.41) is 0.976. The lowest BCUT2D eigenvalue weighted by atomic mass is 10.1. The number of carbonyl (C=O) groups is 1. The summed E-state index contributed by atoms with van der Waals surface area (Å²) in [5.74, 6) is 1.30. The number of hydrogen-bond donors (Lipinski definition) is 0. The van der Waals surface area contributed by atoms with Gasteiger partial charge < -0.3 is 4.90 Å². The number of thiophene rings is 1. The van der Waals surface area contributed by atoms with Crippen LogP contribution in [0.1, 0.15) is 62.2 Å². The van der Waals surface area contributed by atoms with Gasteiger partial charge in [0.25, 0.3) is 5.91 Å². The third kappa shape index (κ3) is 3.93. The van der Waals surface area contributed by atoms with Crippen molar-refractivity contribution in [1.82, 2.24) is 19.2 Å². The molecule has 5 rings (SSSR count). The Balaban J connectivity index is 1.36. The maximum atomic E-state index is 13.4. The number of aryl methyl sites for hydroxylation is 5. The van der Waals surface area contributed by atoms with E-state index in [2.05, 4.69) is 0 Å². The van der Waals surface area contributed by atoms with Gasteiger partial charge >= 0.3 is 0 Å². The topological polar surface area (TPSA) is 83.5 Å². The highest BCUT2D eigenvalue weighted by atomic mass is 32.2. The standard InChI is InChI=1S/C25H30N4O3S2/c1-14-12-15(2)22(16(3)13-14)34(31,32)29-10-8-28(9-11-29)25(30)21-17(4)20-18(5)26-23(19-6-7-19)27-24(20)33-21/h12-13,19H,6-11H2,1-5H3. The van der Waals surface area contributed by atoms with Crippen LogP contribution in [0.5, 0.6) is 0 Å². The van der Waals surface area contributed by atoms with Crippen molar-refractivity contribution in [2.24, 2.45) is 0 Å². The van der Waals surface area contributed by atoms with Crippen LogP contribution in [0.2, 0.25) is 0 Å². The van der Waals surface area contributed by atoms with Gasteiger partial charge in [0.2, 0.25) is 10.0 Å². The van der Waals surface area contributed by atoms with Crippen LogP contribution in [0.15, 0.2) is 17.0 Å². The van der Waals surface area contributed by atoms with Crippen LogP contribution in [0.4, 0.5) is 0 Å². The second kappa shape index (κ2) is 8.39. The molecule has 1 aliphatic carbocycles. The fraction of sp³-hybridized carbons (Fsp3) is 0.480. The molecule has 9 heteroatoms. The zero-order valence-electron chi connectivity index (χ0n) is 20.3. The fourth-order valence-corrected chi connectivity index (χ4v) is 8.11. The van der Waals surface area contributed by atoms with Gasteiger partial charge in [-0.1, -0.05) is 17.7 Å². The number of sulfonamides is 1. The molecule has 3 heterocycles. The summed E-state index contributed by atoms with van der Waals surface area (Å²) in [4.78, 5) is 26.6. The van der Waals surface area contributed by atoms with Gasteiger partial charge in [-0.2, -0.15) is 4.31 Å². The van der Waals surface area contributed by atoms with Crippen molar-refractivity contribution in [3.05, 3.63) is 50.8 Å². The summed E-state index contributed by atoms with van der Waals surface area (Å²) in [6.07, 6.45) is 2.27. The number of rotatable bonds is 4. The Morgan fingerprint density at radius 1 is 0.971 bits per heavy atom. The lowest BCUT2D eigenvalue weighted by Crippen LogP contribution is -2.50. The quantitative estimate of drug-likeness (QED) is 0.537. The number of hydrogen-bond acceptors (Lipinski definition) is 6. The molecule has 180 valence electrons. The van der Waals surface area contributed by atoms with Gasteiger partial charge in [0, 0.05) is 37.5 Å². The molecule has 0 radical (unpaired) electrons. The highest BCUT2D eigenvalue weighted by Crippen LogP contribution is 2.40. The summed E-state index contributed by atoms with van der Waals surface area (Å²) in [5.41, 5.74) is 4.43. The molecule has 3 aromatic rings. The van der Waals surface area contributed by atoms with E-state index in [-0.39, 0.29) is 19.0 Å². The Kier molecular flexibility index (Phi) is 5.77. The van der Waals surface area contributed by atoms with Crippen LogP contribution in [-0.2, 0) is 10.0 Å². The predicted octanol–water partition coefficient (Wildman–Crippen LogP) is 4.26. The molecule has 1 saturated carbocycles. The van der Waals surface area contributed by atoms with Crippen molar-refractivity contribution in [2.45, 2.75) is 58.3 Å². The van der Waals surface area contributed by atoms with E-state index in [4.69, 9.17) is 9.97 Å². The molecule has 1 amide bonds. The first-order valence-corrected chi connectivity index (χ1v) is 14.0. The van der Waals surface area contributed by atoms with E-state index < -0.39 is 10.0 Å². The van der Waals surface area contributed by atoms with E-state index >= 15 is 0 Å². The first kappa shape index (κ1) is 23.4. The molecule has 2 fully saturated rings. The highest BCUT2D eigenvalue weighted by Gasteiger charge is 2.34. The number of nitrogens with zero attached hydrogens (tertiary/aromatic N) is 4. The van der Waals surface area contributed by atoms with Gasteiger partial charge in [0.1, 0.15) is 10.7 Å². The van der Waals surface area contributed by atoms with E-state index in [0.717, 1.165) is 56.8 Å². The molecule has 1 aliphatic heterocycles. The van der Waals surface area contributed by atoms with E-state index in [1.165, 1.54) is 15.6 Å². The number of piperazine rings is 1. The molecule has 1 saturated heterocycles. The van der Waals surface area contributed by atoms with Gasteiger partial charge in [-0.25, -0.2) is 18.4 Å². The summed E-state index contributed by atoms with van der Waals surface area (Å²) in [6.45, 7) is 10.9. The Hall–Kier alpha value is -2.36. The average molecular weight is 499 g/mol. The smallest absolute Gasteiger partial charge is 0.264 e. The number of aromatic nitrogens is 2. The molecule has 1 aromatic carbocycles. The number of fused-ring (bicyclic) bond motifs is 1. The van der Waals surface area contributed by atoms with Crippen molar-refractivity contribution >= 4 is 37.5 Å². The molecular formula is C25H30N4O3S2. The van der Waals surface area contributed by atoms with Crippen molar-refractivity contribution in [3.63, 3.8) is 0 Å². The zero-order chi connectivity index (χ0) is 24.4. The minimum absolute atomic E-state index is 0.0485. The molecule has 0 spiro atoms. The third-order valence-electron chi connectivity index (χ3n) is 6.85. The fourth-order valence-electron chi connectivity index (χ4n) is 5.07. The molecule has 0 N–H and O–H groups in total. The Labute approximate surface area is 204 Å². The third-order valence-corrected chi connectivity index (χ3v) is 10.2. The Bertz CT molecular complexity index is 1390. The second-order valence-corrected chi connectivity index (χ2v) is 12.5. The summed E-state index contributed by atoms with van der Waals surface area (Å²) >= 11 is 1.43. The van der Waals surface area contributed by atoms with Gasteiger partial charge in [-0.3, -0.25) is 4.79 Å².